The third-order valence-corrected chi connectivity index (χ3v) is 2.45. The average Bonchev–Trinajstić information content (AvgIpc) is 3.01. The van der Waals surface area contributed by atoms with E-state index < -0.39 is 0 Å². The molecule has 0 spiro atoms. The predicted molar refractivity (Wildman–Crippen MR) is 60.2 cm³/mol. The van der Waals surface area contributed by atoms with Gasteiger partial charge in [0.1, 0.15) is 0 Å². The minimum absolute atomic E-state index is 0.0908. The number of aromatic nitrogens is 3. The Morgan fingerprint density at radius 1 is 1.33 bits per heavy atom. The van der Waals surface area contributed by atoms with Gasteiger partial charge in [-0.15, -0.1) is 10.2 Å². The smallest absolute Gasteiger partial charge is 0.245 e. The molecule has 0 aromatic carbocycles. The van der Waals surface area contributed by atoms with Crippen LogP contribution in [0.3, 0.4) is 0 Å². The highest BCUT2D eigenvalue weighted by atomic mass is 35.5. The molecule has 6 heteroatoms. The largest absolute Gasteiger partial charge is 0.364 e. The van der Waals surface area contributed by atoms with Crippen molar-refractivity contribution < 1.29 is 0 Å². The van der Waals surface area contributed by atoms with Crippen LogP contribution in [0, 0.1) is 5.92 Å². The Labute approximate surface area is 97.7 Å². The van der Waals surface area contributed by atoms with Crippen molar-refractivity contribution >= 4 is 29.0 Å². The highest BCUT2D eigenvalue weighted by Gasteiger charge is 2.16. The van der Waals surface area contributed by atoms with Gasteiger partial charge in [-0.25, -0.2) is 0 Å². The van der Waals surface area contributed by atoms with Gasteiger partial charge in [-0.1, -0.05) is 23.8 Å². The maximum Gasteiger partial charge on any atom is 0.245 e. The molecule has 0 unspecified atom stereocenters. The van der Waals surface area contributed by atoms with Crippen LogP contribution in [-0.4, -0.2) is 21.7 Å². The van der Waals surface area contributed by atoms with Crippen LogP contribution in [0.15, 0.2) is 12.2 Å². The Balaban J connectivity index is 1.88. The van der Waals surface area contributed by atoms with E-state index in [1.54, 1.807) is 0 Å². The molecular formula is C9H10Cl2N4. The van der Waals surface area contributed by atoms with E-state index in [0.717, 1.165) is 5.92 Å². The van der Waals surface area contributed by atoms with Crippen molar-refractivity contribution in [1.29, 1.82) is 0 Å². The maximum atomic E-state index is 5.77. The molecule has 0 bridgehead atoms. The SMILES string of the molecule is Clc1nnc(Cl)c(NC/C=C/C2CC2)n1. The first-order valence-electron chi connectivity index (χ1n) is 4.72. The maximum absolute atomic E-state index is 5.77. The molecule has 1 heterocycles. The Morgan fingerprint density at radius 2 is 2.13 bits per heavy atom. The highest BCUT2D eigenvalue weighted by Crippen LogP contribution is 2.29. The second-order valence-corrected chi connectivity index (χ2v) is 4.06. The first-order valence-corrected chi connectivity index (χ1v) is 5.47. The summed E-state index contributed by atoms with van der Waals surface area (Å²) in [6, 6.07) is 0. The monoisotopic (exact) mass is 244 g/mol. The van der Waals surface area contributed by atoms with Crippen molar-refractivity contribution in [2.24, 2.45) is 5.92 Å². The zero-order chi connectivity index (χ0) is 10.7. The standard InChI is InChI=1S/C9H10Cl2N4/c10-7-8(13-9(11)15-14-7)12-5-1-2-6-3-4-6/h1-2,6H,3-5H2,(H,12,13,15)/b2-1+. The van der Waals surface area contributed by atoms with E-state index in [1.165, 1.54) is 12.8 Å². The molecule has 0 atom stereocenters. The molecule has 15 heavy (non-hydrogen) atoms. The van der Waals surface area contributed by atoms with Gasteiger partial charge in [0.2, 0.25) is 5.28 Å². The molecule has 1 aliphatic carbocycles. The lowest BCUT2D eigenvalue weighted by molar-refractivity contribution is 0.967. The molecule has 80 valence electrons. The molecule has 1 fully saturated rings. The summed E-state index contributed by atoms with van der Waals surface area (Å²) in [5.74, 6) is 1.24. The lowest BCUT2D eigenvalue weighted by Crippen LogP contribution is -2.03. The Kier molecular flexibility index (Phi) is 3.38. The van der Waals surface area contributed by atoms with E-state index in [9.17, 15) is 0 Å². The number of hydrogen-bond donors (Lipinski definition) is 1. The van der Waals surface area contributed by atoms with Crippen LogP contribution in [0.4, 0.5) is 5.82 Å². The zero-order valence-corrected chi connectivity index (χ0v) is 9.46. The fourth-order valence-corrected chi connectivity index (χ4v) is 1.38. The van der Waals surface area contributed by atoms with Gasteiger partial charge in [-0.3, -0.25) is 0 Å². The number of halogens is 2. The molecule has 0 aliphatic heterocycles. The van der Waals surface area contributed by atoms with Gasteiger partial charge in [0.25, 0.3) is 0 Å². The Bertz CT molecular complexity index is 376. The first kappa shape index (κ1) is 10.6. The molecular weight excluding hydrogens is 235 g/mol. The van der Waals surface area contributed by atoms with E-state index in [1.807, 2.05) is 0 Å². The molecule has 4 nitrogen and oxygen atoms in total. The fourth-order valence-electron chi connectivity index (χ4n) is 1.11. The number of rotatable bonds is 4. The van der Waals surface area contributed by atoms with E-state index in [-0.39, 0.29) is 10.4 Å². The molecule has 1 N–H and O–H groups in total. The van der Waals surface area contributed by atoms with Crippen LogP contribution in [0.25, 0.3) is 0 Å². The molecule has 0 saturated heterocycles. The van der Waals surface area contributed by atoms with Crippen LogP contribution in [0.5, 0.6) is 0 Å². The molecule has 0 amide bonds. The summed E-state index contributed by atoms with van der Waals surface area (Å²) in [4.78, 5) is 3.92. The van der Waals surface area contributed by atoms with E-state index in [4.69, 9.17) is 23.2 Å². The molecule has 1 aromatic rings. The van der Waals surface area contributed by atoms with E-state index in [0.29, 0.717) is 12.4 Å². The normalized spacial score (nSPS) is 15.9. The molecule has 1 aromatic heterocycles. The average molecular weight is 245 g/mol. The summed E-state index contributed by atoms with van der Waals surface area (Å²) >= 11 is 11.4. The second-order valence-electron chi connectivity index (χ2n) is 3.37. The van der Waals surface area contributed by atoms with Crippen molar-refractivity contribution in [3.63, 3.8) is 0 Å². The van der Waals surface area contributed by atoms with Crippen molar-refractivity contribution in [3.8, 4) is 0 Å². The number of allylic oxidation sites excluding steroid dienone is 1. The van der Waals surface area contributed by atoms with Crippen molar-refractivity contribution in [1.82, 2.24) is 15.2 Å². The third kappa shape index (κ3) is 3.32. The van der Waals surface area contributed by atoms with Gasteiger partial charge in [-0.2, -0.15) is 4.98 Å². The molecule has 0 radical (unpaired) electrons. The van der Waals surface area contributed by atoms with Gasteiger partial charge >= 0.3 is 0 Å². The van der Waals surface area contributed by atoms with Crippen LogP contribution in [0.1, 0.15) is 12.8 Å². The van der Waals surface area contributed by atoms with Crippen LogP contribution < -0.4 is 5.32 Å². The van der Waals surface area contributed by atoms with E-state index in [2.05, 4.69) is 32.7 Å². The van der Waals surface area contributed by atoms with Crippen LogP contribution >= 0.6 is 23.2 Å². The summed E-state index contributed by atoms with van der Waals surface area (Å²) < 4.78 is 0. The number of nitrogens with one attached hydrogen (secondary N) is 1. The van der Waals surface area contributed by atoms with Gasteiger partial charge < -0.3 is 5.32 Å². The third-order valence-electron chi connectivity index (χ3n) is 2.04. The Hall–Kier alpha value is -0.870. The fraction of sp³-hybridized carbons (Fsp3) is 0.444. The summed E-state index contributed by atoms with van der Waals surface area (Å²) in [5.41, 5.74) is 0. The first-order chi connectivity index (χ1) is 7.25. The minimum Gasteiger partial charge on any atom is -0.364 e. The lowest BCUT2D eigenvalue weighted by atomic mass is 10.3. The number of nitrogens with zero attached hydrogens (tertiary/aromatic N) is 3. The van der Waals surface area contributed by atoms with Crippen LogP contribution in [0.2, 0.25) is 10.4 Å². The molecule has 2 rings (SSSR count). The Morgan fingerprint density at radius 3 is 2.87 bits per heavy atom. The zero-order valence-electron chi connectivity index (χ0n) is 7.95. The summed E-state index contributed by atoms with van der Waals surface area (Å²) in [5, 5.41) is 10.5. The summed E-state index contributed by atoms with van der Waals surface area (Å²) in [6.45, 7) is 0.672. The van der Waals surface area contributed by atoms with E-state index >= 15 is 0 Å². The highest BCUT2D eigenvalue weighted by molar-refractivity contribution is 6.32. The van der Waals surface area contributed by atoms with Gasteiger partial charge in [0.15, 0.2) is 11.0 Å². The molecule has 1 aliphatic rings. The van der Waals surface area contributed by atoms with Gasteiger partial charge in [0.05, 0.1) is 0 Å². The van der Waals surface area contributed by atoms with Crippen molar-refractivity contribution in [2.75, 3.05) is 11.9 Å². The quantitative estimate of drug-likeness (QED) is 0.828. The van der Waals surface area contributed by atoms with Crippen molar-refractivity contribution in [3.05, 3.63) is 22.6 Å². The van der Waals surface area contributed by atoms with Gasteiger partial charge in [0, 0.05) is 6.54 Å². The van der Waals surface area contributed by atoms with Gasteiger partial charge in [-0.05, 0) is 30.4 Å². The number of hydrogen-bond acceptors (Lipinski definition) is 4. The summed E-state index contributed by atoms with van der Waals surface area (Å²) in [7, 11) is 0. The number of anilines is 1. The lowest BCUT2D eigenvalue weighted by Gasteiger charge is -2.02. The minimum atomic E-state index is 0.0908. The summed E-state index contributed by atoms with van der Waals surface area (Å²) in [6.07, 6.45) is 6.86. The van der Waals surface area contributed by atoms with Crippen molar-refractivity contribution in [2.45, 2.75) is 12.8 Å². The molecule has 1 saturated carbocycles. The topological polar surface area (TPSA) is 50.7 Å². The van der Waals surface area contributed by atoms with Crippen LogP contribution in [-0.2, 0) is 0 Å². The predicted octanol–water partition coefficient (Wildman–Crippen LogP) is 2.56. The second kappa shape index (κ2) is 4.77.